The minimum Gasteiger partial charge on any atom is -0.459 e. The molecule has 0 amide bonds. The molecule has 0 radical (unpaired) electrons. The molecular formula is C17H21ClO2. The van der Waals surface area contributed by atoms with Crippen LogP contribution in [-0.2, 0) is 4.74 Å². The topological polar surface area (TPSA) is 26.3 Å². The van der Waals surface area contributed by atoms with E-state index in [-0.39, 0.29) is 12.1 Å². The lowest BCUT2D eigenvalue weighted by atomic mass is 10.0. The second-order valence-electron chi connectivity index (χ2n) is 5.22. The molecule has 0 spiro atoms. The van der Waals surface area contributed by atoms with Gasteiger partial charge in [-0.1, -0.05) is 23.8 Å². The van der Waals surface area contributed by atoms with Gasteiger partial charge in [-0.25, -0.2) is 4.79 Å². The van der Waals surface area contributed by atoms with Crippen molar-refractivity contribution in [2.75, 3.05) is 0 Å². The summed E-state index contributed by atoms with van der Waals surface area (Å²) < 4.78 is 5.64. The maximum atomic E-state index is 12.1. The first-order valence-corrected chi connectivity index (χ1v) is 7.75. The van der Waals surface area contributed by atoms with Crippen LogP contribution < -0.4 is 0 Å². The van der Waals surface area contributed by atoms with Crippen LogP contribution in [0.1, 0.15) is 55.3 Å². The molecule has 2 nitrogen and oxygen atoms in total. The summed E-state index contributed by atoms with van der Waals surface area (Å²) in [7, 11) is 0. The van der Waals surface area contributed by atoms with Crippen molar-refractivity contribution in [1.29, 1.82) is 0 Å². The van der Waals surface area contributed by atoms with Gasteiger partial charge in [-0.15, -0.1) is 0 Å². The van der Waals surface area contributed by atoms with Crippen LogP contribution in [0.3, 0.4) is 0 Å². The van der Waals surface area contributed by atoms with Crippen molar-refractivity contribution in [2.45, 2.75) is 51.0 Å². The summed E-state index contributed by atoms with van der Waals surface area (Å²) in [6.45, 7) is 0. The molecule has 0 saturated carbocycles. The van der Waals surface area contributed by atoms with E-state index in [0.29, 0.717) is 10.6 Å². The number of halogens is 1. The number of benzene rings is 1. The quantitative estimate of drug-likeness (QED) is 0.555. The van der Waals surface area contributed by atoms with E-state index in [0.717, 1.165) is 38.5 Å². The molecule has 2 rings (SSSR count). The fourth-order valence-electron chi connectivity index (χ4n) is 2.40. The van der Waals surface area contributed by atoms with Gasteiger partial charge in [-0.05, 0) is 69.2 Å². The van der Waals surface area contributed by atoms with Crippen LogP contribution >= 0.6 is 11.6 Å². The molecule has 0 aliphatic heterocycles. The van der Waals surface area contributed by atoms with E-state index in [4.69, 9.17) is 16.3 Å². The zero-order valence-corrected chi connectivity index (χ0v) is 12.4. The van der Waals surface area contributed by atoms with Crippen molar-refractivity contribution in [2.24, 2.45) is 0 Å². The summed E-state index contributed by atoms with van der Waals surface area (Å²) in [5, 5.41) is 0.632. The highest BCUT2D eigenvalue weighted by atomic mass is 35.5. The number of ether oxygens (including phenoxy) is 1. The van der Waals surface area contributed by atoms with Crippen molar-refractivity contribution >= 4 is 17.6 Å². The van der Waals surface area contributed by atoms with Gasteiger partial charge in [0.2, 0.25) is 0 Å². The number of esters is 1. The van der Waals surface area contributed by atoms with Gasteiger partial charge in [0.15, 0.2) is 0 Å². The minimum atomic E-state index is -0.237. The van der Waals surface area contributed by atoms with Crippen LogP contribution in [0.5, 0.6) is 0 Å². The second-order valence-corrected chi connectivity index (χ2v) is 5.66. The lowest BCUT2D eigenvalue weighted by molar-refractivity contribution is 0.0251. The monoisotopic (exact) mass is 292 g/mol. The number of allylic oxidation sites excluding steroid dienone is 2. The van der Waals surface area contributed by atoms with Gasteiger partial charge in [0.25, 0.3) is 0 Å². The highest BCUT2D eigenvalue weighted by molar-refractivity contribution is 6.30. The van der Waals surface area contributed by atoms with Crippen LogP contribution in [0.2, 0.25) is 5.02 Å². The SMILES string of the molecule is O=C(OC1CCCC=CCCCC1)c1ccc(Cl)cc1. The maximum absolute atomic E-state index is 12.1. The fourth-order valence-corrected chi connectivity index (χ4v) is 2.53. The van der Waals surface area contributed by atoms with E-state index >= 15 is 0 Å². The normalized spacial score (nSPS) is 20.4. The first-order chi connectivity index (χ1) is 9.75. The van der Waals surface area contributed by atoms with Gasteiger partial charge in [0, 0.05) is 5.02 Å². The van der Waals surface area contributed by atoms with Crippen molar-refractivity contribution in [3.63, 3.8) is 0 Å². The smallest absolute Gasteiger partial charge is 0.338 e. The Bertz CT molecular complexity index is 451. The first kappa shape index (κ1) is 15.1. The van der Waals surface area contributed by atoms with E-state index in [1.807, 2.05) is 0 Å². The van der Waals surface area contributed by atoms with E-state index in [2.05, 4.69) is 12.2 Å². The summed E-state index contributed by atoms with van der Waals surface area (Å²) in [6.07, 6.45) is 12.0. The zero-order chi connectivity index (χ0) is 14.2. The number of carbonyl (C=O) groups is 1. The number of carbonyl (C=O) groups excluding carboxylic acids is 1. The zero-order valence-electron chi connectivity index (χ0n) is 11.7. The van der Waals surface area contributed by atoms with Gasteiger partial charge in [-0.2, -0.15) is 0 Å². The molecule has 1 aromatic rings. The molecule has 20 heavy (non-hydrogen) atoms. The average Bonchev–Trinajstić information content (AvgIpc) is 2.46. The van der Waals surface area contributed by atoms with Crippen molar-refractivity contribution < 1.29 is 9.53 Å². The number of hydrogen-bond acceptors (Lipinski definition) is 2. The lowest BCUT2D eigenvalue weighted by Crippen LogP contribution is -2.18. The van der Waals surface area contributed by atoms with Gasteiger partial charge >= 0.3 is 5.97 Å². The molecule has 0 fully saturated rings. The van der Waals surface area contributed by atoms with Crippen LogP contribution in [0.15, 0.2) is 36.4 Å². The third-order valence-electron chi connectivity index (χ3n) is 3.56. The first-order valence-electron chi connectivity index (χ1n) is 7.37. The molecule has 0 aromatic heterocycles. The standard InChI is InChI=1S/C17H21ClO2/c18-15-12-10-14(11-13-15)17(19)20-16-8-6-4-2-1-3-5-7-9-16/h1-2,10-13,16H,3-9H2. The fraction of sp³-hybridized carbons (Fsp3) is 0.471. The molecule has 1 atom stereocenters. The Morgan fingerprint density at radius 1 is 1.00 bits per heavy atom. The van der Waals surface area contributed by atoms with Crippen LogP contribution in [0.25, 0.3) is 0 Å². The molecule has 0 heterocycles. The Kier molecular flexibility index (Phi) is 6.13. The molecule has 3 heteroatoms. The molecule has 1 aromatic carbocycles. The Morgan fingerprint density at radius 3 is 2.40 bits per heavy atom. The second kappa shape index (κ2) is 8.11. The molecule has 1 aliphatic rings. The van der Waals surface area contributed by atoms with Gasteiger partial charge < -0.3 is 4.74 Å². The molecule has 1 unspecified atom stereocenters. The highest BCUT2D eigenvalue weighted by Crippen LogP contribution is 2.18. The van der Waals surface area contributed by atoms with Crippen LogP contribution in [-0.4, -0.2) is 12.1 Å². The van der Waals surface area contributed by atoms with E-state index in [1.165, 1.54) is 6.42 Å². The van der Waals surface area contributed by atoms with Crippen molar-refractivity contribution in [3.8, 4) is 0 Å². The lowest BCUT2D eigenvalue weighted by Gasteiger charge is -2.18. The van der Waals surface area contributed by atoms with Crippen LogP contribution in [0.4, 0.5) is 0 Å². The van der Waals surface area contributed by atoms with Gasteiger partial charge in [0.1, 0.15) is 6.10 Å². The highest BCUT2D eigenvalue weighted by Gasteiger charge is 2.15. The van der Waals surface area contributed by atoms with Gasteiger partial charge in [-0.3, -0.25) is 0 Å². The summed E-state index contributed by atoms with van der Waals surface area (Å²) in [4.78, 5) is 12.1. The van der Waals surface area contributed by atoms with Crippen molar-refractivity contribution in [3.05, 3.63) is 47.0 Å². The predicted molar refractivity (Wildman–Crippen MR) is 82.1 cm³/mol. The van der Waals surface area contributed by atoms with E-state index in [9.17, 15) is 4.79 Å². The van der Waals surface area contributed by atoms with E-state index in [1.54, 1.807) is 24.3 Å². The molecule has 0 saturated heterocycles. The Balaban J connectivity index is 1.90. The minimum absolute atomic E-state index is 0.0460. The van der Waals surface area contributed by atoms with E-state index < -0.39 is 0 Å². The largest absolute Gasteiger partial charge is 0.459 e. The van der Waals surface area contributed by atoms with Crippen molar-refractivity contribution in [1.82, 2.24) is 0 Å². The third kappa shape index (κ3) is 5.01. The van der Waals surface area contributed by atoms with Crippen LogP contribution in [0, 0.1) is 0 Å². The molecule has 0 N–H and O–H groups in total. The Morgan fingerprint density at radius 2 is 1.65 bits per heavy atom. The maximum Gasteiger partial charge on any atom is 0.338 e. The Labute approximate surface area is 125 Å². The summed E-state index contributed by atoms with van der Waals surface area (Å²) in [6, 6.07) is 6.87. The number of hydrogen-bond donors (Lipinski definition) is 0. The number of rotatable bonds is 2. The predicted octanol–water partition coefficient (Wildman–Crippen LogP) is 5.17. The molecule has 1 aliphatic carbocycles. The summed E-state index contributed by atoms with van der Waals surface area (Å²) in [5.74, 6) is -0.237. The molecular weight excluding hydrogens is 272 g/mol. The average molecular weight is 293 g/mol. The summed E-state index contributed by atoms with van der Waals surface area (Å²) >= 11 is 5.82. The third-order valence-corrected chi connectivity index (χ3v) is 3.82. The van der Waals surface area contributed by atoms with Gasteiger partial charge in [0.05, 0.1) is 5.56 Å². The molecule has 108 valence electrons. The summed E-state index contributed by atoms with van der Waals surface area (Å²) in [5.41, 5.74) is 0.575. The Hall–Kier alpha value is -1.28. The molecule has 0 bridgehead atoms.